The molecule has 4 aromatic rings. The van der Waals surface area contributed by atoms with Gasteiger partial charge in [-0.15, -0.1) is 0 Å². The number of anilines is 2. The first-order valence-electron chi connectivity index (χ1n) is 16.4. The lowest BCUT2D eigenvalue weighted by Crippen LogP contribution is -2.26. The third-order valence-electron chi connectivity index (χ3n) is 8.65. The Hall–Kier alpha value is -5.84. The van der Waals surface area contributed by atoms with E-state index in [1.165, 1.54) is 16.7 Å². The van der Waals surface area contributed by atoms with E-state index in [2.05, 4.69) is 178 Å². The summed E-state index contributed by atoms with van der Waals surface area (Å²) in [7, 11) is 0. The third kappa shape index (κ3) is 8.11. The van der Waals surface area contributed by atoms with Gasteiger partial charge in [-0.3, -0.25) is 0 Å². The molecule has 236 valence electrons. The Balaban J connectivity index is 1.60. The Kier molecular flexibility index (Phi) is 11.3. The molecule has 1 atom stereocenters. The lowest BCUT2D eigenvalue weighted by molar-refractivity contribution is 0.694. The highest BCUT2D eigenvalue weighted by Crippen LogP contribution is 2.43. The second kappa shape index (κ2) is 16.1. The van der Waals surface area contributed by atoms with Crippen LogP contribution < -0.4 is 5.32 Å². The molecule has 4 aromatic carbocycles. The number of benzene rings is 4. The van der Waals surface area contributed by atoms with Crippen LogP contribution in [0, 0.1) is 11.8 Å². The van der Waals surface area contributed by atoms with Crippen LogP contribution in [0.15, 0.2) is 199 Å². The van der Waals surface area contributed by atoms with Crippen LogP contribution in [-0.2, 0) is 5.41 Å². The van der Waals surface area contributed by atoms with Crippen molar-refractivity contribution in [3.05, 3.63) is 222 Å². The molecule has 0 radical (unpaired) electrons. The third-order valence-corrected chi connectivity index (χ3v) is 8.65. The summed E-state index contributed by atoms with van der Waals surface area (Å²) in [6.45, 7) is 15.1. The van der Waals surface area contributed by atoms with Crippen molar-refractivity contribution in [2.75, 3.05) is 5.32 Å². The van der Waals surface area contributed by atoms with Gasteiger partial charge >= 0.3 is 0 Å². The molecule has 5 rings (SSSR count). The van der Waals surface area contributed by atoms with Gasteiger partial charge in [0.2, 0.25) is 0 Å². The summed E-state index contributed by atoms with van der Waals surface area (Å²) in [5, 5.41) is 3.69. The van der Waals surface area contributed by atoms with E-state index < -0.39 is 5.41 Å². The Bertz CT molecular complexity index is 2000. The highest BCUT2D eigenvalue weighted by molar-refractivity contribution is 5.80. The van der Waals surface area contributed by atoms with E-state index in [0.717, 1.165) is 51.2 Å². The smallest absolute Gasteiger partial charge is 0.0443 e. The Morgan fingerprint density at radius 1 is 0.771 bits per heavy atom. The van der Waals surface area contributed by atoms with Crippen molar-refractivity contribution in [1.82, 2.24) is 0 Å². The van der Waals surface area contributed by atoms with Crippen LogP contribution >= 0.6 is 0 Å². The number of rotatable bonds is 12. The fourth-order valence-corrected chi connectivity index (χ4v) is 5.85. The molecule has 1 aliphatic rings. The van der Waals surface area contributed by atoms with Gasteiger partial charge < -0.3 is 5.32 Å². The van der Waals surface area contributed by atoms with E-state index in [0.29, 0.717) is 0 Å². The molecule has 1 heteroatoms. The molecule has 0 aliphatic heterocycles. The molecule has 0 bridgehead atoms. The second-order valence-corrected chi connectivity index (χ2v) is 12.0. The molecule has 0 aromatic heterocycles. The minimum atomic E-state index is -0.434. The van der Waals surface area contributed by atoms with Gasteiger partial charge in [-0.1, -0.05) is 159 Å². The maximum atomic E-state index is 4.37. The van der Waals surface area contributed by atoms with Gasteiger partial charge in [-0.25, -0.2) is 0 Å². The van der Waals surface area contributed by atoms with E-state index in [1.54, 1.807) is 0 Å². The molecule has 0 heterocycles. The fourth-order valence-electron chi connectivity index (χ4n) is 5.85. The van der Waals surface area contributed by atoms with Crippen LogP contribution in [0.25, 0.3) is 5.57 Å². The molecule has 1 nitrogen and oxygen atoms in total. The molecule has 0 fully saturated rings. The number of nitrogens with one attached hydrogen (secondary N) is 1. The Morgan fingerprint density at radius 3 is 2.17 bits per heavy atom. The van der Waals surface area contributed by atoms with E-state index >= 15 is 0 Å². The van der Waals surface area contributed by atoms with Crippen LogP contribution in [0.4, 0.5) is 11.4 Å². The van der Waals surface area contributed by atoms with Crippen LogP contribution in [-0.4, -0.2) is 0 Å². The average molecular weight is 622 g/mol. The summed E-state index contributed by atoms with van der Waals surface area (Å²) in [6, 6.07) is 38.7. The minimum Gasteiger partial charge on any atom is -0.355 e. The summed E-state index contributed by atoms with van der Waals surface area (Å²) in [4.78, 5) is 0. The molecule has 0 amide bonds. The molecule has 48 heavy (non-hydrogen) atoms. The second-order valence-electron chi connectivity index (χ2n) is 12.0. The monoisotopic (exact) mass is 621 g/mol. The molecular weight excluding hydrogens is 579 g/mol. The van der Waals surface area contributed by atoms with E-state index in [4.69, 9.17) is 0 Å². The van der Waals surface area contributed by atoms with Gasteiger partial charge in [0.25, 0.3) is 0 Å². The Morgan fingerprint density at radius 2 is 1.44 bits per heavy atom. The van der Waals surface area contributed by atoms with Crippen molar-refractivity contribution in [1.29, 1.82) is 0 Å². The normalized spacial score (nSPS) is 14.5. The summed E-state index contributed by atoms with van der Waals surface area (Å²) in [5.41, 5.74) is 11.3. The molecule has 0 saturated carbocycles. The van der Waals surface area contributed by atoms with E-state index in [9.17, 15) is 0 Å². The van der Waals surface area contributed by atoms with Crippen LogP contribution in [0.1, 0.15) is 49.4 Å². The molecular formula is C47H43N. The maximum Gasteiger partial charge on any atom is 0.0443 e. The van der Waals surface area contributed by atoms with Crippen molar-refractivity contribution < 1.29 is 0 Å². The zero-order valence-corrected chi connectivity index (χ0v) is 28.2. The Labute approximate surface area is 287 Å². The van der Waals surface area contributed by atoms with Gasteiger partial charge in [-0.2, -0.15) is 0 Å². The van der Waals surface area contributed by atoms with Crippen molar-refractivity contribution in [2.24, 2.45) is 0 Å². The van der Waals surface area contributed by atoms with Gasteiger partial charge in [0, 0.05) is 28.8 Å². The lowest BCUT2D eigenvalue weighted by Gasteiger charge is -2.34. The summed E-state index contributed by atoms with van der Waals surface area (Å²) in [5.74, 6) is 6.56. The zero-order chi connectivity index (χ0) is 33.8. The molecule has 1 unspecified atom stereocenters. The highest BCUT2D eigenvalue weighted by Gasteiger charge is 2.33. The quantitative estimate of drug-likeness (QED) is 0.0943. The van der Waals surface area contributed by atoms with Crippen molar-refractivity contribution in [3.63, 3.8) is 0 Å². The van der Waals surface area contributed by atoms with Crippen molar-refractivity contribution in [3.8, 4) is 11.8 Å². The van der Waals surface area contributed by atoms with Gasteiger partial charge in [0.05, 0.1) is 0 Å². The predicted octanol–water partition coefficient (Wildman–Crippen LogP) is 12.2. The standard InChI is InChI=1S/C47H43N/c1-6-7-12-21-36(2)37(3)34-41(35-38(4)39-22-13-8-9-14-23-39)40-30-32-43(33-31-40)47(5,42-24-15-10-16-25-42)45-28-19-20-29-46(45)48-44-26-17-11-18-27-44/h6-8,10-13,15-22,24-35,48H,2-3,9H2,1,4-5H3/b7-6-,21-12-,38-35+,41-34+. The van der Waals surface area contributed by atoms with Crippen molar-refractivity contribution in [2.45, 2.75) is 32.6 Å². The molecule has 0 spiro atoms. The zero-order valence-electron chi connectivity index (χ0n) is 28.2. The fraction of sp³-hybridized carbons (Fsp3) is 0.106. The largest absolute Gasteiger partial charge is 0.355 e. The number of hydrogen-bond donors (Lipinski definition) is 1. The van der Waals surface area contributed by atoms with E-state index in [1.807, 2.05) is 37.3 Å². The van der Waals surface area contributed by atoms with Gasteiger partial charge in [-0.05, 0) is 95.7 Å². The maximum absolute atomic E-state index is 4.37. The van der Waals surface area contributed by atoms with Gasteiger partial charge in [0.1, 0.15) is 0 Å². The average Bonchev–Trinajstić information content (AvgIpc) is 3.42. The highest BCUT2D eigenvalue weighted by atomic mass is 14.9. The number of allylic oxidation sites excluding steroid dienone is 14. The van der Waals surface area contributed by atoms with E-state index in [-0.39, 0.29) is 0 Å². The summed E-state index contributed by atoms with van der Waals surface area (Å²) >= 11 is 0. The van der Waals surface area contributed by atoms with Crippen LogP contribution in [0.3, 0.4) is 0 Å². The first-order valence-corrected chi connectivity index (χ1v) is 16.4. The first-order chi connectivity index (χ1) is 23.4. The molecule has 1 aliphatic carbocycles. The molecule has 1 N–H and O–H groups in total. The van der Waals surface area contributed by atoms with Crippen LogP contribution in [0.2, 0.25) is 0 Å². The van der Waals surface area contributed by atoms with Crippen molar-refractivity contribution >= 4 is 16.9 Å². The number of hydrogen-bond acceptors (Lipinski definition) is 1. The van der Waals surface area contributed by atoms with Gasteiger partial charge in [0.15, 0.2) is 0 Å². The lowest BCUT2D eigenvalue weighted by atomic mass is 9.70. The summed E-state index contributed by atoms with van der Waals surface area (Å²) < 4.78 is 0. The summed E-state index contributed by atoms with van der Waals surface area (Å²) in [6.07, 6.45) is 19.3. The SMILES string of the molecule is C=C(/C=C\C=C/C)C(=C)/C=C(\C=C(/C)C1=CC=CCC#C1)c1ccc(C(C)(c2ccccc2)c2ccccc2Nc2ccccc2)cc1. The topological polar surface area (TPSA) is 12.0 Å². The first kappa shape index (κ1) is 33.5. The minimum absolute atomic E-state index is 0.434. The predicted molar refractivity (Wildman–Crippen MR) is 208 cm³/mol. The molecule has 0 saturated heterocycles. The number of para-hydroxylation sites is 2. The van der Waals surface area contributed by atoms with Crippen LogP contribution in [0.5, 0.6) is 0 Å².